The van der Waals surface area contributed by atoms with Gasteiger partial charge in [0.2, 0.25) is 0 Å². The van der Waals surface area contributed by atoms with Crippen LogP contribution < -0.4 is 5.73 Å². The van der Waals surface area contributed by atoms with Crippen molar-refractivity contribution in [3.8, 4) is 0 Å². The van der Waals surface area contributed by atoms with Crippen LogP contribution in [-0.4, -0.2) is 11.2 Å². The van der Waals surface area contributed by atoms with Gasteiger partial charge in [-0.05, 0) is 24.6 Å². The third kappa shape index (κ3) is 2.21. The van der Waals surface area contributed by atoms with Crippen LogP contribution in [0, 0.1) is 0 Å². The minimum atomic E-state index is -0.536. The van der Waals surface area contributed by atoms with Gasteiger partial charge >= 0.3 is 0 Å². The standard InChI is InChI=1S/C9H12ClNO/c1-6(12)9(11)7-2-4-8(10)5-3-7/h2-6,9,12H,11H2,1H3/t6-,9-/m0/s1. The predicted molar refractivity (Wildman–Crippen MR) is 50.1 cm³/mol. The number of nitrogens with two attached hydrogens (primary N) is 1. The van der Waals surface area contributed by atoms with Crippen molar-refractivity contribution in [2.75, 3.05) is 0 Å². The molecule has 0 bridgehead atoms. The Balaban J connectivity index is 2.82. The topological polar surface area (TPSA) is 46.2 Å². The van der Waals surface area contributed by atoms with Crippen LogP contribution in [0.3, 0.4) is 0 Å². The number of hydrogen-bond acceptors (Lipinski definition) is 2. The van der Waals surface area contributed by atoms with Crippen LogP contribution in [0.15, 0.2) is 24.3 Å². The molecule has 0 aromatic heterocycles. The molecule has 0 saturated carbocycles. The van der Waals surface area contributed by atoms with Crippen LogP contribution in [0.25, 0.3) is 0 Å². The molecule has 3 N–H and O–H groups in total. The van der Waals surface area contributed by atoms with Gasteiger partial charge in [-0.2, -0.15) is 0 Å². The Bertz CT molecular complexity index is 245. The molecular weight excluding hydrogens is 174 g/mol. The Hall–Kier alpha value is -0.570. The van der Waals surface area contributed by atoms with Crippen LogP contribution >= 0.6 is 11.6 Å². The van der Waals surface area contributed by atoms with E-state index in [0.29, 0.717) is 5.02 Å². The molecular formula is C9H12ClNO. The summed E-state index contributed by atoms with van der Waals surface area (Å²) < 4.78 is 0. The minimum absolute atomic E-state index is 0.331. The fraction of sp³-hybridized carbons (Fsp3) is 0.333. The monoisotopic (exact) mass is 185 g/mol. The predicted octanol–water partition coefficient (Wildman–Crippen LogP) is 1.72. The van der Waals surface area contributed by atoms with Crippen LogP contribution in [0.5, 0.6) is 0 Å². The zero-order valence-electron chi connectivity index (χ0n) is 6.87. The maximum atomic E-state index is 9.19. The average molecular weight is 186 g/mol. The SMILES string of the molecule is C[C@H](O)[C@H](N)c1ccc(Cl)cc1. The number of halogens is 1. The van der Waals surface area contributed by atoms with E-state index < -0.39 is 6.10 Å². The Morgan fingerprint density at radius 2 is 1.83 bits per heavy atom. The highest BCUT2D eigenvalue weighted by atomic mass is 35.5. The van der Waals surface area contributed by atoms with Gasteiger partial charge in [-0.15, -0.1) is 0 Å². The smallest absolute Gasteiger partial charge is 0.0704 e. The quantitative estimate of drug-likeness (QED) is 0.737. The molecule has 0 heterocycles. The lowest BCUT2D eigenvalue weighted by atomic mass is 10.0. The summed E-state index contributed by atoms with van der Waals surface area (Å²) in [4.78, 5) is 0. The zero-order chi connectivity index (χ0) is 9.14. The van der Waals surface area contributed by atoms with Gasteiger partial charge in [-0.3, -0.25) is 0 Å². The van der Waals surface area contributed by atoms with Gasteiger partial charge in [0.15, 0.2) is 0 Å². The normalized spacial score (nSPS) is 15.7. The Morgan fingerprint density at radius 1 is 1.33 bits per heavy atom. The second-order valence-corrected chi connectivity index (χ2v) is 3.25. The highest BCUT2D eigenvalue weighted by Crippen LogP contribution is 2.16. The third-order valence-electron chi connectivity index (χ3n) is 1.77. The summed E-state index contributed by atoms with van der Waals surface area (Å²) in [6.45, 7) is 1.67. The van der Waals surface area contributed by atoms with Crippen molar-refractivity contribution in [2.24, 2.45) is 5.73 Å². The summed E-state index contributed by atoms with van der Waals surface area (Å²) in [5.74, 6) is 0. The Kier molecular flexibility index (Phi) is 3.09. The van der Waals surface area contributed by atoms with E-state index in [0.717, 1.165) is 5.56 Å². The molecule has 0 aliphatic heterocycles. The second kappa shape index (κ2) is 3.90. The minimum Gasteiger partial charge on any atom is -0.391 e. The molecule has 0 aliphatic rings. The van der Waals surface area contributed by atoms with E-state index in [1.54, 1.807) is 19.1 Å². The summed E-state index contributed by atoms with van der Waals surface area (Å²) in [5, 5.41) is 9.86. The van der Waals surface area contributed by atoms with E-state index in [2.05, 4.69) is 0 Å². The first-order valence-corrected chi connectivity index (χ1v) is 4.18. The van der Waals surface area contributed by atoms with Crippen LogP contribution in [0.4, 0.5) is 0 Å². The second-order valence-electron chi connectivity index (χ2n) is 2.82. The molecule has 12 heavy (non-hydrogen) atoms. The maximum Gasteiger partial charge on any atom is 0.0704 e. The van der Waals surface area contributed by atoms with E-state index in [1.807, 2.05) is 12.1 Å². The van der Waals surface area contributed by atoms with Crippen LogP contribution in [-0.2, 0) is 0 Å². The molecule has 0 amide bonds. The molecule has 0 spiro atoms. The number of hydrogen-bond donors (Lipinski definition) is 2. The molecule has 1 aromatic rings. The number of rotatable bonds is 2. The van der Waals surface area contributed by atoms with Gasteiger partial charge in [-0.1, -0.05) is 23.7 Å². The molecule has 0 aliphatic carbocycles. The average Bonchev–Trinajstić information content (AvgIpc) is 2.04. The van der Waals surface area contributed by atoms with Crippen LogP contribution in [0.2, 0.25) is 5.02 Å². The van der Waals surface area contributed by atoms with Gasteiger partial charge in [0.25, 0.3) is 0 Å². The molecule has 0 radical (unpaired) electrons. The van der Waals surface area contributed by atoms with E-state index >= 15 is 0 Å². The van der Waals surface area contributed by atoms with Crippen molar-refractivity contribution in [1.82, 2.24) is 0 Å². The van der Waals surface area contributed by atoms with Crippen molar-refractivity contribution >= 4 is 11.6 Å². The van der Waals surface area contributed by atoms with Crippen molar-refractivity contribution in [3.63, 3.8) is 0 Å². The van der Waals surface area contributed by atoms with Crippen molar-refractivity contribution in [1.29, 1.82) is 0 Å². The molecule has 0 fully saturated rings. The molecule has 3 heteroatoms. The number of aliphatic hydroxyl groups is 1. The van der Waals surface area contributed by atoms with Gasteiger partial charge < -0.3 is 10.8 Å². The lowest BCUT2D eigenvalue weighted by molar-refractivity contribution is 0.164. The number of aliphatic hydroxyl groups excluding tert-OH is 1. The Labute approximate surface area is 77.0 Å². The zero-order valence-corrected chi connectivity index (χ0v) is 7.62. The van der Waals surface area contributed by atoms with Gasteiger partial charge in [-0.25, -0.2) is 0 Å². The van der Waals surface area contributed by atoms with Crippen molar-refractivity contribution in [2.45, 2.75) is 19.1 Å². The van der Waals surface area contributed by atoms with E-state index in [4.69, 9.17) is 17.3 Å². The first kappa shape index (κ1) is 9.52. The first-order chi connectivity index (χ1) is 5.61. The molecule has 66 valence electrons. The summed E-state index contributed by atoms with van der Waals surface area (Å²) in [6, 6.07) is 6.83. The van der Waals surface area contributed by atoms with Crippen molar-refractivity contribution in [3.05, 3.63) is 34.9 Å². The fourth-order valence-electron chi connectivity index (χ4n) is 0.964. The molecule has 1 rings (SSSR count). The summed E-state index contributed by atoms with van der Waals surface area (Å²) in [5.41, 5.74) is 6.59. The molecule has 0 saturated heterocycles. The summed E-state index contributed by atoms with van der Waals surface area (Å²) in [7, 11) is 0. The van der Waals surface area contributed by atoms with E-state index in [-0.39, 0.29) is 6.04 Å². The fourth-order valence-corrected chi connectivity index (χ4v) is 1.09. The van der Waals surface area contributed by atoms with Gasteiger partial charge in [0, 0.05) is 5.02 Å². The van der Waals surface area contributed by atoms with Crippen molar-refractivity contribution < 1.29 is 5.11 Å². The molecule has 2 atom stereocenters. The number of benzene rings is 1. The Morgan fingerprint density at radius 3 is 2.25 bits per heavy atom. The summed E-state index contributed by atoms with van der Waals surface area (Å²) >= 11 is 5.69. The van der Waals surface area contributed by atoms with Crippen LogP contribution in [0.1, 0.15) is 18.5 Å². The highest BCUT2D eigenvalue weighted by Gasteiger charge is 2.10. The lowest BCUT2D eigenvalue weighted by Gasteiger charge is -2.14. The first-order valence-electron chi connectivity index (χ1n) is 3.80. The maximum absolute atomic E-state index is 9.19. The van der Waals surface area contributed by atoms with E-state index in [1.165, 1.54) is 0 Å². The van der Waals surface area contributed by atoms with Gasteiger partial charge in [0.1, 0.15) is 0 Å². The third-order valence-corrected chi connectivity index (χ3v) is 2.03. The van der Waals surface area contributed by atoms with Gasteiger partial charge in [0.05, 0.1) is 12.1 Å². The lowest BCUT2D eigenvalue weighted by Crippen LogP contribution is -2.22. The van der Waals surface area contributed by atoms with E-state index in [9.17, 15) is 5.11 Å². The summed E-state index contributed by atoms with van der Waals surface area (Å²) in [6.07, 6.45) is -0.536. The highest BCUT2D eigenvalue weighted by molar-refractivity contribution is 6.30. The largest absolute Gasteiger partial charge is 0.391 e. The molecule has 2 nitrogen and oxygen atoms in total. The molecule has 1 aromatic carbocycles. The molecule has 0 unspecified atom stereocenters.